The van der Waals surface area contributed by atoms with Crippen molar-refractivity contribution in [3.05, 3.63) is 35.9 Å². The monoisotopic (exact) mass is 252 g/mol. The summed E-state index contributed by atoms with van der Waals surface area (Å²) in [4.78, 5) is 0. The maximum absolute atomic E-state index is 9.98. The molecule has 1 aromatic rings. The highest BCUT2D eigenvalue weighted by atomic mass is 32.2. The van der Waals surface area contributed by atoms with Crippen LogP contribution in [0, 0.1) is 5.92 Å². The highest BCUT2D eigenvalue weighted by Gasteiger charge is 2.40. The molecule has 0 bridgehead atoms. The normalized spacial score (nSPS) is 32.9. The molecule has 0 amide bonds. The van der Waals surface area contributed by atoms with Crippen molar-refractivity contribution in [3.8, 4) is 0 Å². The van der Waals surface area contributed by atoms with Gasteiger partial charge in [0.2, 0.25) is 0 Å². The second kappa shape index (κ2) is 5.89. The summed E-state index contributed by atoms with van der Waals surface area (Å²) in [6.07, 6.45) is 1.05. The zero-order valence-corrected chi connectivity index (χ0v) is 11.2. The molecule has 94 valence electrons. The molecule has 1 fully saturated rings. The summed E-state index contributed by atoms with van der Waals surface area (Å²) in [5.74, 6) is 0.420. The summed E-state index contributed by atoms with van der Waals surface area (Å²) in [5.41, 5.74) is 0.788. The molecule has 0 radical (unpaired) electrons. The molecule has 1 unspecified atom stereocenters. The number of hydrogen-bond donors (Lipinski definition) is 1. The van der Waals surface area contributed by atoms with Gasteiger partial charge in [-0.3, -0.25) is 0 Å². The van der Waals surface area contributed by atoms with Crippen LogP contribution in [0.25, 0.3) is 0 Å². The van der Waals surface area contributed by atoms with Crippen molar-refractivity contribution in [1.82, 2.24) is 0 Å². The molecular formula is C14H20O2S. The van der Waals surface area contributed by atoms with Gasteiger partial charge in [-0.15, -0.1) is 11.8 Å². The van der Waals surface area contributed by atoms with E-state index in [0.717, 1.165) is 12.0 Å². The largest absolute Gasteiger partial charge is 0.380 e. The Morgan fingerprint density at radius 3 is 2.59 bits per heavy atom. The van der Waals surface area contributed by atoms with Crippen LogP contribution >= 0.6 is 11.8 Å². The van der Waals surface area contributed by atoms with Gasteiger partial charge in [-0.2, -0.15) is 0 Å². The highest BCUT2D eigenvalue weighted by molar-refractivity contribution is 8.00. The Labute approximate surface area is 107 Å². The molecule has 2 nitrogen and oxygen atoms in total. The van der Waals surface area contributed by atoms with Crippen molar-refractivity contribution in [2.45, 2.75) is 43.7 Å². The Hall–Kier alpha value is -0.510. The first-order valence-electron chi connectivity index (χ1n) is 6.21. The van der Waals surface area contributed by atoms with Crippen molar-refractivity contribution in [2.24, 2.45) is 5.92 Å². The van der Waals surface area contributed by atoms with Crippen molar-refractivity contribution in [1.29, 1.82) is 0 Å². The van der Waals surface area contributed by atoms with Gasteiger partial charge < -0.3 is 9.84 Å². The minimum absolute atomic E-state index is 0.0369. The predicted octanol–water partition coefficient (Wildman–Crippen LogP) is 3.05. The Kier molecular flexibility index (Phi) is 4.48. The smallest absolute Gasteiger partial charge is 0.126 e. The summed E-state index contributed by atoms with van der Waals surface area (Å²) in [6, 6.07) is 10.1. The molecule has 1 N–H and O–H groups in total. The molecule has 0 saturated carbocycles. The first kappa shape index (κ1) is 12.9. The van der Waals surface area contributed by atoms with Crippen LogP contribution in [0.2, 0.25) is 0 Å². The molecule has 17 heavy (non-hydrogen) atoms. The van der Waals surface area contributed by atoms with Crippen LogP contribution in [0.1, 0.15) is 25.8 Å². The Morgan fingerprint density at radius 2 is 2.00 bits per heavy atom. The van der Waals surface area contributed by atoms with Crippen molar-refractivity contribution in [2.75, 3.05) is 0 Å². The Bertz CT molecular complexity index is 341. The molecule has 0 aliphatic carbocycles. The molecule has 1 aromatic carbocycles. The molecule has 3 heteroatoms. The van der Waals surface area contributed by atoms with Crippen LogP contribution in [0.3, 0.4) is 0 Å². The molecule has 0 spiro atoms. The maximum atomic E-state index is 9.98. The number of benzene rings is 1. The zero-order valence-electron chi connectivity index (χ0n) is 10.4. The first-order valence-corrected chi connectivity index (χ1v) is 7.15. The lowest BCUT2D eigenvalue weighted by molar-refractivity contribution is -0.0323. The summed E-state index contributed by atoms with van der Waals surface area (Å²) < 4.78 is 5.87. The van der Waals surface area contributed by atoms with Crippen LogP contribution in [0.5, 0.6) is 0 Å². The number of ether oxygens (including phenoxy) is 1. The zero-order chi connectivity index (χ0) is 12.3. The fourth-order valence-corrected chi connectivity index (χ4v) is 3.76. The third-order valence-corrected chi connectivity index (χ3v) is 5.05. The molecule has 1 heterocycles. The van der Waals surface area contributed by atoms with Crippen LogP contribution in [0.4, 0.5) is 0 Å². The van der Waals surface area contributed by atoms with E-state index in [1.165, 1.54) is 0 Å². The molecular weight excluding hydrogens is 232 g/mol. The van der Waals surface area contributed by atoms with E-state index in [0.29, 0.717) is 17.8 Å². The number of aliphatic hydroxyl groups is 1. The van der Waals surface area contributed by atoms with Crippen molar-refractivity contribution < 1.29 is 9.84 Å². The van der Waals surface area contributed by atoms with Crippen molar-refractivity contribution in [3.63, 3.8) is 0 Å². The highest BCUT2D eigenvalue weighted by Crippen LogP contribution is 2.40. The molecule has 1 saturated heterocycles. The first-order chi connectivity index (χ1) is 8.22. The van der Waals surface area contributed by atoms with Gasteiger partial charge in [0.15, 0.2) is 0 Å². The van der Waals surface area contributed by atoms with E-state index in [-0.39, 0.29) is 11.5 Å². The minimum atomic E-state index is -0.376. The minimum Gasteiger partial charge on any atom is -0.380 e. The number of aliphatic hydroxyl groups excluding tert-OH is 1. The third kappa shape index (κ3) is 3.03. The molecule has 0 aromatic heterocycles. The lowest BCUT2D eigenvalue weighted by atomic mass is 10.00. The summed E-state index contributed by atoms with van der Waals surface area (Å²) in [6.45, 7) is 4.93. The topological polar surface area (TPSA) is 29.5 Å². The quantitative estimate of drug-likeness (QED) is 0.893. The molecule has 4 atom stereocenters. The second-order valence-corrected chi connectivity index (χ2v) is 5.95. The Balaban J connectivity index is 1.91. The van der Waals surface area contributed by atoms with Gasteiger partial charge in [-0.25, -0.2) is 0 Å². The summed E-state index contributed by atoms with van der Waals surface area (Å²) >= 11 is 1.65. The lowest BCUT2D eigenvalue weighted by Gasteiger charge is -2.20. The van der Waals surface area contributed by atoms with E-state index < -0.39 is 0 Å². The van der Waals surface area contributed by atoms with E-state index >= 15 is 0 Å². The van der Waals surface area contributed by atoms with Gasteiger partial charge in [0, 0.05) is 5.25 Å². The number of hydrogen-bond acceptors (Lipinski definition) is 3. The number of thioether (sulfide) groups is 1. The Morgan fingerprint density at radius 1 is 1.29 bits per heavy atom. The molecule has 1 aliphatic heterocycles. The van der Waals surface area contributed by atoms with Crippen LogP contribution in [-0.2, 0) is 11.3 Å². The second-order valence-electron chi connectivity index (χ2n) is 4.59. The standard InChI is InChI=1S/C14H20O2S/c1-3-12-10(2)13(14(15)17-12)16-9-11-7-5-4-6-8-11/h4-8,10,12-15H,3,9H2,1-2H3/t10-,12+,13+,14?/m1/s1. The van der Waals surface area contributed by atoms with Crippen LogP contribution in [-0.4, -0.2) is 21.9 Å². The maximum Gasteiger partial charge on any atom is 0.126 e. The fraction of sp³-hybridized carbons (Fsp3) is 0.571. The van der Waals surface area contributed by atoms with E-state index in [2.05, 4.69) is 26.0 Å². The van der Waals surface area contributed by atoms with Crippen molar-refractivity contribution >= 4 is 11.8 Å². The van der Waals surface area contributed by atoms with Gasteiger partial charge in [0.25, 0.3) is 0 Å². The number of rotatable bonds is 4. The van der Waals surface area contributed by atoms with Crippen LogP contribution in [0.15, 0.2) is 30.3 Å². The van der Waals surface area contributed by atoms with Gasteiger partial charge in [0.05, 0.1) is 12.7 Å². The molecule has 1 aliphatic rings. The van der Waals surface area contributed by atoms with Gasteiger partial charge in [0.1, 0.15) is 5.44 Å². The average molecular weight is 252 g/mol. The SMILES string of the molecule is CC[C@@H]1SC(O)[C@@H](OCc2ccccc2)[C@@H]1C. The van der Waals surface area contributed by atoms with E-state index in [4.69, 9.17) is 4.74 Å². The van der Waals surface area contributed by atoms with Crippen LogP contribution < -0.4 is 0 Å². The fourth-order valence-electron chi connectivity index (χ4n) is 2.32. The summed E-state index contributed by atoms with van der Waals surface area (Å²) in [5, 5.41) is 10.5. The summed E-state index contributed by atoms with van der Waals surface area (Å²) in [7, 11) is 0. The average Bonchev–Trinajstić information content (AvgIpc) is 2.63. The predicted molar refractivity (Wildman–Crippen MR) is 71.9 cm³/mol. The third-order valence-electron chi connectivity index (χ3n) is 3.39. The van der Waals surface area contributed by atoms with Gasteiger partial charge in [-0.05, 0) is 17.9 Å². The molecule has 2 rings (SSSR count). The van der Waals surface area contributed by atoms with E-state index in [9.17, 15) is 5.11 Å². The van der Waals surface area contributed by atoms with Gasteiger partial charge >= 0.3 is 0 Å². The van der Waals surface area contributed by atoms with Gasteiger partial charge in [-0.1, -0.05) is 44.2 Å². The van der Waals surface area contributed by atoms with E-state index in [1.807, 2.05) is 18.2 Å². The lowest BCUT2D eigenvalue weighted by Crippen LogP contribution is -2.28. The van der Waals surface area contributed by atoms with E-state index in [1.54, 1.807) is 11.8 Å².